The van der Waals surface area contributed by atoms with E-state index in [-0.39, 0.29) is 17.8 Å². The van der Waals surface area contributed by atoms with Crippen LogP contribution in [0.3, 0.4) is 0 Å². The van der Waals surface area contributed by atoms with Crippen molar-refractivity contribution in [1.29, 1.82) is 0 Å². The topological polar surface area (TPSA) is 67.2 Å². The first-order valence-electron chi connectivity index (χ1n) is 11.9. The molecule has 9 heteroatoms. The van der Waals surface area contributed by atoms with Crippen molar-refractivity contribution in [2.24, 2.45) is 0 Å². The molecule has 1 saturated heterocycles. The molecule has 2 amide bonds. The highest BCUT2D eigenvalue weighted by Gasteiger charge is 2.29. The number of carbonyl (C=O) groups excluding carboxylic acids is 1. The Morgan fingerprint density at radius 1 is 1.14 bits per heavy atom. The number of aryl methyl sites for hydroxylation is 1. The van der Waals surface area contributed by atoms with Crippen LogP contribution in [0.15, 0.2) is 65.3 Å². The van der Waals surface area contributed by atoms with Crippen LogP contribution in [0.4, 0.5) is 19.3 Å². The van der Waals surface area contributed by atoms with Crippen molar-refractivity contribution in [3.05, 3.63) is 77.7 Å². The normalized spacial score (nSPS) is 14.6. The van der Waals surface area contributed by atoms with Gasteiger partial charge in [-0.15, -0.1) is 0 Å². The Balaban J connectivity index is 1.44. The number of nitrogens with one attached hydrogen (secondary N) is 1. The summed E-state index contributed by atoms with van der Waals surface area (Å²) < 4.78 is 41.2. The number of urea groups is 1. The highest BCUT2D eigenvalue weighted by molar-refractivity contribution is 5.91. The minimum Gasteiger partial charge on any atom is -0.495 e. The summed E-state index contributed by atoms with van der Waals surface area (Å²) >= 11 is 0. The quantitative estimate of drug-likeness (QED) is 0.397. The molecule has 192 valence electrons. The second-order valence-electron chi connectivity index (χ2n) is 8.83. The highest BCUT2D eigenvalue weighted by Crippen LogP contribution is 2.28. The lowest BCUT2D eigenvalue weighted by molar-refractivity contribution is -0.0508. The molecule has 1 aromatic heterocycles. The molecule has 2 heterocycles. The van der Waals surface area contributed by atoms with Gasteiger partial charge >= 0.3 is 12.6 Å². The zero-order valence-electron chi connectivity index (χ0n) is 20.5. The van der Waals surface area contributed by atoms with Crippen LogP contribution >= 0.6 is 0 Å². The van der Waals surface area contributed by atoms with Gasteiger partial charge in [0, 0.05) is 31.2 Å². The number of piperidine rings is 1. The molecule has 0 unspecified atom stereocenters. The number of ether oxygens (including phenoxy) is 2. The molecule has 1 aliphatic heterocycles. The van der Waals surface area contributed by atoms with Crippen LogP contribution in [0.2, 0.25) is 0 Å². The number of para-hydroxylation sites is 1. The molecular formula is C27H31F2N3O4. The lowest BCUT2D eigenvalue weighted by atomic mass is 10.0. The zero-order chi connectivity index (χ0) is 25.5. The van der Waals surface area contributed by atoms with E-state index in [1.165, 1.54) is 0 Å². The van der Waals surface area contributed by atoms with E-state index in [4.69, 9.17) is 9.15 Å². The minimum atomic E-state index is -2.86. The highest BCUT2D eigenvalue weighted by atomic mass is 19.3. The molecule has 1 fully saturated rings. The maximum atomic E-state index is 13.5. The number of hydrogen-bond donors (Lipinski definition) is 1. The predicted molar refractivity (Wildman–Crippen MR) is 132 cm³/mol. The fraction of sp³-hybridized carbons (Fsp3) is 0.370. The minimum absolute atomic E-state index is 0.0188. The van der Waals surface area contributed by atoms with Crippen molar-refractivity contribution in [3.8, 4) is 11.5 Å². The van der Waals surface area contributed by atoms with E-state index in [9.17, 15) is 13.6 Å². The summed E-state index contributed by atoms with van der Waals surface area (Å²) in [6.07, 6.45) is 3.06. The summed E-state index contributed by atoms with van der Waals surface area (Å²) in [7, 11) is 1.57. The fourth-order valence-electron chi connectivity index (χ4n) is 4.52. The molecule has 0 aliphatic carbocycles. The number of halogens is 2. The summed E-state index contributed by atoms with van der Waals surface area (Å²) in [5.41, 5.74) is 2.33. The first-order valence-corrected chi connectivity index (χ1v) is 11.9. The second-order valence-corrected chi connectivity index (χ2v) is 8.83. The Morgan fingerprint density at radius 3 is 2.61 bits per heavy atom. The average Bonchev–Trinajstić information content (AvgIpc) is 3.38. The standard InChI is InChI=1S/C27H31F2N3O4/c1-19-9-10-25(34-2)23(16-19)30-27(33)32(18-22-7-5-15-35-22)21-11-13-31(14-12-21)17-20-6-3-4-8-24(20)36-26(28)29/h3-10,15-16,21,26H,11-14,17-18H2,1-2H3,(H,30,33). The molecular weight excluding hydrogens is 468 g/mol. The van der Waals surface area contributed by atoms with E-state index in [0.717, 1.165) is 18.4 Å². The van der Waals surface area contributed by atoms with Crippen LogP contribution < -0.4 is 14.8 Å². The smallest absolute Gasteiger partial charge is 0.387 e. The van der Waals surface area contributed by atoms with E-state index >= 15 is 0 Å². The third-order valence-electron chi connectivity index (χ3n) is 6.34. The van der Waals surface area contributed by atoms with Crippen LogP contribution in [-0.2, 0) is 13.1 Å². The number of carbonyl (C=O) groups is 1. The lowest BCUT2D eigenvalue weighted by Gasteiger charge is -2.38. The first kappa shape index (κ1) is 25.5. The van der Waals surface area contributed by atoms with Crippen molar-refractivity contribution in [3.63, 3.8) is 0 Å². The molecule has 1 aliphatic rings. The first-order chi connectivity index (χ1) is 17.4. The number of methoxy groups -OCH3 is 1. The van der Waals surface area contributed by atoms with Crippen LogP contribution in [0.1, 0.15) is 29.7 Å². The number of anilines is 1. The van der Waals surface area contributed by atoms with E-state index in [1.807, 2.05) is 37.3 Å². The molecule has 3 aromatic rings. The van der Waals surface area contributed by atoms with Gasteiger partial charge in [0.15, 0.2) is 0 Å². The Hall–Kier alpha value is -3.59. The third-order valence-corrected chi connectivity index (χ3v) is 6.34. The number of amides is 2. The molecule has 2 aromatic carbocycles. The molecule has 36 heavy (non-hydrogen) atoms. The molecule has 0 bridgehead atoms. The van der Waals surface area contributed by atoms with Gasteiger partial charge in [-0.1, -0.05) is 24.3 Å². The summed E-state index contributed by atoms with van der Waals surface area (Å²) in [5.74, 6) is 1.48. The molecule has 0 spiro atoms. The molecule has 0 radical (unpaired) electrons. The largest absolute Gasteiger partial charge is 0.495 e. The fourth-order valence-corrected chi connectivity index (χ4v) is 4.52. The van der Waals surface area contributed by atoms with Crippen molar-refractivity contribution < 1.29 is 27.5 Å². The van der Waals surface area contributed by atoms with Crippen molar-refractivity contribution in [1.82, 2.24) is 9.80 Å². The van der Waals surface area contributed by atoms with Gasteiger partial charge in [-0.05, 0) is 55.7 Å². The number of benzene rings is 2. The summed E-state index contributed by atoms with van der Waals surface area (Å²) in [4.78, 5) is 17.4. The molecule has 0 atom stereocenters. The Labute approximate surface area is 209 Å². The van der Waals surface area contributed by atoms with Crippen molar-refractivity contribution in [2.45, 2.75) is 45.5 Å². The van der Waals surface area contributed by atoms with E-state index in [1.54, 1.807) is 42.5 Å². The van der Waals surface area contributed by atoms with Crippen molar-refractivity contribution >= 4 is 11.7 Å². The van der Waals surface area contributed by atoms with Gasteiger partial charge in [-0.2, -0.15) is 8.78 Å². The number of rotatable bonds is 9. The SMILES string of the molecule is COc1ccc(C)cc1NC(=O)N(Cc1ccco1)C1CCN(Cc2ccccc2OC(F)F)CC1. The van der Waals surface area contributed by atoms with Gasteiger partial charge in [0.1, 0.15) is 17.3 Å². The maximum Gasteiger partial charge on any atom is 0.387 e. The second kappa shape index (κ2) is 11.9. The predicted octanol–water partition coefficient (Wildman–Crippen LogP) is 5.90. The van der Waals surface area contributed by atoms with Crippen molar-refractivity contribution in [2.75, 3.05) is 25.5 Å². The molecule has 7 nitrogen and oxygen atoms in total. The van der Waals surface area contributed by atoms with Crippen LogP contribution in [0.25, 0.3) is 0 Å². The number of likely N-dealkylation sites (tertiary alicyclic amines) is 1. The number of hydrogen-bond acceptors (Lipinski definition) is 5. The Bertz CT molecular complexity index is 1130. The van der Waals surface area contributed by atoms with Crippen LogP contribution in [0, 0.1) is 6.92 Å². The van der Waals surface area contributed by atoms with Gasteiger partial charge in [0.2, 0.25) is 0 Å². The van der Waals surface area contributed by atoms with Gasteiger partial charge in [-0.3, -0.25) is 4.90 Å². The third kappa shape index (κ3) is 6.54. The number of nitrogens with zero attached hydrogens (tertiary/aromatic N) is 2. The monoisotopic (exact) mass is 499 g/mol. The van der Waals surface area contributed by atoms with Gasteiger partial charge in [0.25, 0.3) is 0 Å². The average molecular weight is 500 g/mol. The molecule has 0 saturated carbocycles. The summed E-state index contributed by atoms with van der Waals surface area (Å²) in [6, 6.07) is 15.9. The zero-order valence-corrected chi connectivity index (χ0v) is 20.5. The maximum absolute atomic E-state index is 13.5. The van der Waals surface area contributed by atoms with Crippen LogP contribution in [0.5, 0.6) is 11.5 Å². The van der Waals surface area contributed by atoms with Gasteiger partial charge < -0.3 is 24.1 Å². The number of alkyl halides is 2. The molecule has 1 N–H and O–H groups in total. The summed E-state index contributed by atoms with van der Waals surface area (Å²) in [5, 5.41) is 3.01. The molecule has 4 rings (SSSR count). The van der Waals surface area contributed by atoms with Crippen LogP contribution in [-0.4, -0.2) is 48.7 Å². The Kier molecular flexibility index (Phi) is 8.43. The van der Waals surface area contributed by atoms with E-state index < -0.39 is 6.61 Å². The van der Waals surface area contributed by atoms with E-state index in [0.29, 0.717) is 48.9 Å². The van der Waals surface area contributed by atoms with Gasteiger partial charge in [0.05, 0.1) is 25.6 Å². The number of furan rings is 1. The lowest BCUT2D eigenvalue weighted by Crippen LogP contribution is -2.48. The Morgan fingerprint density at radius 2 is 1.92 bits per heavy atom. The van der Waals surface area contributed by atoms with E-state index in [2.05, 4.69) is 15.0 Å². The van der Waals surface area contributed by atoms with Gasteiger partial charge in [-0.25, -0.2) is 4.79 Å². The summed E-state index contributed by atoms with van der Waals surface area (Å²) in [6.45, 7) is 1.35.